The van der Waals surface area contributed by atoms with E-state index in [0.29, 0.717) is 17.6 Å². The Hall–Kier alpha value is -0.590. The Labute approximate surface area is 73.8 Å². The Morgan fingerprint density at radius 2 is 2.25 bits per heavy atom. The fourth-order valence-electron chi connectivity index (χ4n) is 2.66. The highest BCUT2D eigenvalue weighted by Crippen LogP contribution is 2.42. The van der Waals surface area contributed by atoms with Gasteiger partial charge >= 0.3 is 0 Å². The SMILES string of the molecule is CC1=C[C@@H]2C(=O)CC(C)[C@@H]2CC1. The van der Waals surface area contributed by atoms with E-state index in [1.54, 1.807) is 0 Å². The van der Waals surface area contributed by atoms with Crippen LogP contribution in [0.15, 0.2) is 11.6 Å². The third-order valence-corrected chi connectivity index (χ3v) is 3.42. The first kappa shape index (κ1) is 8.03. The second-order valence-electron chi connectivity index (χ2n) is 4.39. The van der Waals surface area contributed by atoms with E-state index in [-0.39, 0.29) is 5.92 Å². The Kier molecular flexibility index (Phi) is 1.82. The molecule has 2 rings (SSSR count). The quantitative estimate of drug-likeness (QED) is 0.503. The van der Waals surface area contributed by atoms with Crippen LogP contribution in [0.5, 0.6) is 0 Å². The number of carbonyl (C=O) groups is 1. The first-order valence-electron chi connectivity index (χ1n) is 4.88. The molecule has 0 radical (unpaired) electrons. The minimum Gasteiger partial charge on any atom is -0.299 e. The topological polar surface area (TPSA) is 17.1 Å². The highest BCUT2D eigenvalue weighted by molar-refractivity contribution is 5.85. The molecule has 0 amide bonds. The molecule has 0 spiro atoms. The monoisotopic (exact) mass is 164 g/mol. The van der Waals surface area contributed by atoms with Gasteiger partial charge < -0.3 is 0 Å². The second kappa shape index (κ2) is 2.72. The van der Waals surface area contributed by atoms with Crippen LogP contribution in [0, 0.1) is 17.8 Å². The number of fused-ring (bicyclic) bond motifs is 1. The van der Waals surface area contributed by atoms with Crippen LogP contribution in [0.1, 0.15) is 33.1 Å². The van der Waals surface area contributed by atoms with Gasteiger partial charge in [-0.25, -0.2) is 0 Å². The van der Waals surface area contributed by atoms with E-state index >= 15 is 0 Å². The molecule has 1 saturated carbocycles. The number of Topliss-reactive ketones (excluding diaryl/α,β-unsaturated/α-hetero) is 1. The number of hydrogen-bond donors (Lipinski definition) is 0. The van der Waals surface area contributed by atoms with Gasteiger partial charge in [0.15, 0.2) is 0 Å². The van der Waals surface area contributed by atoms with Crippen molar-refractivity contribution in [3.63, 3.8) is 0 Å². The van der Waals surface area contributed by atoms with Crippen molar-refractivity contribution < 1.29 is 4.79 Å². The molecule has 3 atom stereocenters. The smallest absolute Gasteiger partial charge is 0.140 e. The highest BCUT2D eigenvalue weighted by Gasteiger charge is 2.39. The number of allylic oxidation sites excluding steroid dienone is 2. The summed E-state index contributed by atoms with van der Waals surface area (Å²) in [4.78, 5) is 11.5. The lowest BCUT2D eigenvalue weighted by atomic mass is 9.80. The Morgan fingerprint density at radius 1 is 1.50 bits per heavy atom. The minimum absolute atomic E-state index is 0.286. The molecule has 0 heterocycles. The Balaban J connectivity index is 2.26. The lowest BCUT2D eigenvalue weighted by Gasteiger charge is -2.24. The average molecular weight is 164 g/mol. The number of carbonyl (C=O) groups excluding carboxylic acids is 1. The molecule has 0 saturated heterocycles. The summed E-state index contributed by atoms with van der Waals surface area (Å²) in [7, 11) is 0. The number of hydrogen-bond acceptors (Lipinski definition) is 1. The number of rotatable bonds is 0. The van der Waals surface area contributed by atoms with Gasteiger partial charge in [-0.2, -0.15) is 0 Å². The first-order chi connectivity index (χ1) is 5.68. The Morgan fingerprint density at radius 3 is 3.00 bits per heavy atom. The van der Waals surface area contributed by atoms with Gasteiger partial charge in [-0.15, -0.1) is 0 Å². The standard InChI is InChI=1S/C11H16O/c1-7-3-4-9-8(2)6-11(12)10(9)5-7/h5,8-10H,3-4,6H2,1-2H3/t8?,9-,10-/m0/s1. The van der Waals surface area contributed by atoms with Crippen molar-refractivity contribution in [1.29, 1.82) is 0 Å². The summed E-state index contributed by atoms with van der Waals surface area (Å²) in [5, 5.41) is 0. The molecule has 66 valence electrons. The van der Waals surface area contributed by atoms with Gasteiger partial charge in [0, 0.05) is 12.3 Å². The average Bonchev–Trinajstić information content (AvgIpc) is 2.28. The summed E-state index contributed by atoms with van der Waals surface area (Å²) in [5.74, 6) is 2.06. The maximum absolute atomic E-state index is 11.5. The van der Waals surface area contributed by atoms with E-state index in [1.165, 1.54) is 18.4 Å². The van der Waals surface area contributed by atoms with E-state index in [1.807, 2.05) is 0 Å². The molecular formula is C11H16O. The molecule has 0 aromatic carbocycles. The highest BCUT2D eigenvalue weighted by atomic mass is 16.1. The van der Waals surface area contributed by atoms with Crippen molar-refractivity contribution in [1.82, 2.24) is 0 Å². The molecule has 12 heavy (non-hydrogen) atoms. The molecular weight excluding hydrogens is 148 g/mol. The van der Waals surface area contributed by atoms with Gasteiger partial charge in [-0.3, -0.25) is 4.79 Å². The van der Waals surface area contributed by atoms with E-state index in [0.717, 1.165) is 6.42 Å². The van der Waals surface area contributed by atoms with Crippen molar-refractivity contribution >= 4 is 5.78 Å². The summed E-state index contributed by atoms with van der Waals surface area (Å²) >= 11 is 0. The van der Waals surface area contributed by atoms with Gasteiger partial charge in [-0.05, 0) is 31.6 Å². The molecule has 0 aromatic rings. The molecule has 0 aliphatic heterocycles. The van der Waals surface area contributed by atoms with Crippen molar-refractivity contribution in [2.45, 2.75) is 33.1 Å². The van der Waals surface area contributed by atoms with E-state index in [4.69, 9.17) is 0 Å². The van der Waals surface area contributed by atoms with Crippen LogP contribution in [0.2, 0.25) is 0 Å². The maximum atomic E-state index is 11.5. The fraction of sp³-hybridized carbons (Fsp3) is 0.727. The van der Waals surface area contributed by atoms with Crippen molar-refractivity contribution in [2.75, 3.05) is 0 Å². The summed E-state index contributed by atoms with van der Waals surface area (Å²) in [6, 6.07) is 0. The van der Waals surface area contributed by atoms with Crippen LogP contribution >= 0.6 is 0 Å². The molecule has 1 unspecified atom stereocenters. The lowest BCUT2D eigenvalue weighted by Crippen LogP contribution is -2.18. The predicted molar refractivity (Wildman–Crippen MR) is 48.8 cm³/mol. The van der Waals surface area contributed by atoms with Gasteiger partial charge in [0.1, 0.15) is 5.78 Å². The third-order valence-electron chi connectivity index (χ3n) is 3.42. The summed E-state index contributed by atoms with van der Waals surface area (Å²) < 4.78 is 0. The molecule has 1 fully saturated rings. The fourth-order valence-corrected chi connectivity index (χ4v) is 2.66. The minimum atomic E-state index is 0.286. The molecule has 1 heteroatoms. The van der Waals surface area contributed by atoms with Gasteiger partial charge in [0.2, 0.25) is 0 Å². The van der Waals surface area contributed by atoms with Crippen molar-refractivity contribution in [3.8, 4) is 0 Å². The van der Waals surface area contributed by atoms with Crippen LogP contribution in [-0.2, 0) is 4.79 Å². The first-order valence-corrected chi connectivity index (χ1v) is 4.88. The van der Waals surface area contributed by atoms with Crippen LogP contribution < -0.4 is 0 Å². The van der Waals surface area contributed by atoms with E-state index in [9.17, 15) is 4.79 Å². The molecule has 2 aliphatic carbocycles. The maximum Gasteiger partial charge on any atom is 0.140 e. The normalized spacial score (nSPS) is 41.0. The molecule has 0 bridgehead atoms. The second-order valence-corrected chi connectivity index (χ2v) is 4.39. The van der Waals surface area contributed by atoms with E-state index in [2.05, 4.69) is 19.9 Å². The van der Waals surface area contributed by atoms with Crippen LogP contribution in [-0.4, -0.2) is 5.78 Å². The molecule has 1 nitrogen and oxygen atoms in total. The molecule has 2 aliphatic rings. The zero-order valence-corrected chi connectivity index (χ0v) is 7.84. The summed E-state index contributed by atoms with van der Waals surface area (Å²) in [6.45, 7) is 4.36. The predicted octanol–water partition coefficient (Wildman–Crippen LogP) is 2.57. The van der Waals surface area contributed by atoms with E-state index < -0.39 is 0 Å². The van der Waals surface area contributed by atoms with Crippen LogP contribution in [0.4, 0.5) is 0 Å². The van der Waals surface area contributed by atoms with Gasteiger partial charge in [0.25, 0.3) is 0 Å². The Bertz CT molecular complexity index is 239. The largest absolute Gasteiger partial charge is 0.299 e. The third kappa shape index (κ3) is 1.12. The van der Waals surface area contributed by atoms with Crippen molar-refractivity contribution in [3.05, 3.63) is 11.6 Å². The zero-order chi connectivity index (χ0) is 8.72. The van der Waals surface area contributed by atoms with Gasteiger partial charge in [0.05, 0.1) is 0 Å². The lowest BCUT2D eigenvalue weighted by molar-refractivity contribution is -0.120. The summed E-state index contributed by atoms with van der Waals surface area (Å²) in [6.07, 6.45) is 5.47. The molecule has 0 aromatic heterocycles. The van der Waals surface area contributed by atoms with Crippen LogP contribution in [0.25, 0.3) is 0 Å². The summed E-state index contributed by atoms with van der Waals surface area (Å²) in [5.41, 5.74) is 1.42. The van der Waals surface area contributed by atoms with Crippen molar-refractivity contribution in [2.24, 2.45) is 17.8 Å². The van der Waals surface area contributed by atoms with Gasteiger partial charge in [-0.1, -0.05) is 18.6 Å². The zero-order valence-electron chi connectivity index (χ0n) is 7.84. The van der Waals surface area contributed by atoms with Crippen LogP contribution in [0.3, 0.4) is 0 Å². The molecule has 0 N–H and O–H groups in total. The number of ketones is 1.